The third kappa shape index (κ3) is 3.44. The first-order valence-electron chi connectivity index (χ1n) is 6.13. The van der Waals surface area contributed by atoms with Crippen molar-refractivity contribution in [2.24, 2.45) is 0 Å². The molecule has 0 heterocycles. The quantitative estimate of drug-likeness (QED) is 0.832. The molecule has 0 saturated heterocycles. The smallest absolute Gasteiger partial charge is 0.255 e. The van der Waals surface area contributed by atoms with Gasteiger partial charge in [-0.15, -0.1) is 0 Å². The van der Waals surface area contributed by atoms with E-state index < -0.39 is 0 Å². The Morgan fingerprint density at radius 3 is 2.68 bits per heavy atom. The molecular weight excluding hydrogens is 302 g/mol. The largest absolute Gasteiger partial charge is 0.322 e. The number of benzene rings is 2. The predicted molar refractivity (Wildman–Crippen MR) is 82.9 cm³/mol. The van der Waals surface area contributed by atoms with Crippen LogP contribution < -0.4 is 5.32 Å². The lowest BCUT2D eigenvalue weighted by molar-refractivity contribution is 0.102. The van der Waals surface area contributed by atoms with Gasteiger partial charge in [0.15, 0.2) is 0 Å². The van der Waals surface area contributed by atoms with E-state index in [2.05, 4.69) is 21.2 Å². The normalized spacial score (nSPS) is 10.3. The van der Waals surface area contributed by atoms with Crippen LogP contribution in [0.3, 0.4) is 0 Å². The molecule has 0 aromatic heterocycles. The molecule has 98 valence electrons. The fraction of sp³-hybridized carbons (Fsp3) is 0.188. The zero-order valence-corrected chi connectivity index (χ0v) is 12.6. The number of carbonyl (C=O) groups is 1. The van der Waals surface area contributed by atoms with Gasteiger partial charge in [-0.3, -0.25) is 4.79 Å². The second kappa shape index (κ2) is 6.02. The van der Waals surface area contributed by atoms with Crippen LogP contribution in [-0.2, 0) is 5.33 Å². The van der Waals surface area contributed by atoms with Crippen molar-refractivity contribution in [1.82, 2.24) is 0 Å². The van der Waals surface area contributed by atoms with E-state index >= 15 is 0 Å². The van der Waals surface area contributed by atoms with Gasteiger partial charge >= 0.3 is 0 Å². The van der Waals surface area contributed by atoms with Crippen molar-refractivity contribution in [1.29, 1.82) is 0 Å². The molecule has 0 atom stereocenters. The second-order valence-electron chi connectivity index (χ2n) is 4.61. The molecule has 0 aliphatic rings. The summed E-state index contributed by atoms with van der Waals surface area (Å²) in [6.07, 6.45) is 0. The molecule has 19 heavy (non-hydrogen) atoms. The molecule has 3 heteroatoms. The minimum absolute atomic E-state index is 0.0727. The van der Waals surface area contributed by atoms with Crippen LogP contribution in [0.5, 0.6) is 0 Å². The van der Waals surface area contributed by atoms with Crippen molar-refractivity contribution in [3.8, 4) is 0 Å². The molecule has 0 aliphatic carbocycles. The highest BCUT2D eigenvalue weighted by molar-refractivity contribution is 9.08. The monoisotopic (exact) mass is 317 g/mol. The Morgan fingerprint density at radius 1 is 1.16 bits per heavy atom. The molecule has 2 nitrogen and oxygen atoms in total. The first-order valence-corrected chi connectivity index (χ1v) is 7.26. The van der Waals surface area contributed by atoms with E-state index in [0.717, 1.165) is 27.7 Å². The minimum Gasteiger partial charge on any atom is -0.322 e. The number of amides is 1. The summed E-state index contributed by atoms with van der Waals surface area (Å²) in [6.45, 7) is 4.00. The maximum Gasteiger partial charge on any atom is 0.255 e. The number of alkyl halides is 1. The first kappa shape index (κ1) is 13.8. The van der Waals surface area contributed by atoms with E-state index in [1.165, 1.54) is 0 Å². The van der Waals surface area contributed by atoms with Gasteiger partial charge in [0.2, 0.25) is 0 Å². The van der Waals surface area contributed by atoms with Crippen molar-refractivity contribution < 1.29 is 4.79 Å². The Kier molecular flexibility index (Phi) is 4.38. The number of nitrogens with one attached hydrogen (secondary N) is 1. The van der Waals surface area contributed by atoms with E-state index in [1.807, 2.05) is 56.3 Å². The summed E-state index contributed by atoms with van der Waals surface area (Å²) in [5.41, 5.74) is 4.84. The molecule has 2 rings (SSSR count). The summed E-state index contributed by atoms with van der Waals surface area (Å²) in [6, 6.07) is 13.7. The lowest BCUT2D eigenvalue weighted by Crippen LogP contribution is -2.13. The molecule has 0 saturated carbocycles. The Hall–Kier alpha value is -1.61. The van der Waals surface area contributed by atoms with Crippen LogP contribution >= 0.6 is 15.9 Å². The number of rotatable bonds is 3. The molecule has 0 fully saturated rings. The highest BCUT2D eigenvalue weighted by Crippen LogP contribution is 2.18. The predicted octanol–water partition coefficient (Wildman–Crippen LogP) is 4.45. The standard InChI is InChI=1S/C16H16BrNO/c1-11-6-7-12(2)15(8-11)18-16(19)14-5-3-4-13(9-14)10-17/h3-9H,10H2,1-2H3,(H,18,19). The highest BCUT2D eigenvalue weighted by atomic mass is 79.9. The molecule has 0 spiro atoms. The molecule has 0 radical (unpaired) electrons. The Labute approximate surface area is 122 Å². The number of hydrogen-bond donors (Lipinski definition) is 1. The number of anilines is 1. The van der Waals surface area contributed by atoms with E-state index in [1.54, 1.807) is 0 Å². The van der Waals surface area contributed by atoms with Gasteiger partial charge in [-0.2, -0.15) is 0 Å². The molecule has 1 amide bonds. The van der Waals surface area contributed by atoms with Crippen LogP contribution in [0.15, 0.2) is 42.5 Å². The Morgan fingerprint density at radius 2 is 1.95 bits per heavy atom. The Balaban J connectivity index is 2.22. The lowest BCUT2D eigenvalue weighted by atomic mass is 10.1. The molecule has 0 bridgehead atoms. The minimum atomic E-state index is -0.0727. The van der Waals surface area contributed by atoms with Crippen LogP contribution in [0, 0.1) is 13.8 Å². The number of hydrogen-bond acceptors (Lipinski definition) is 1. The van der Waals surface area contributed by atoms with Gasteiger partial charge in [0, 0.05) is 16.6 Å². The first-order chi connectivity index (χ1) is 9.10. The summed E-state index contributed by atoms with van der Waals surface area (Å²) in [5, 5.41) is 3.71. The van der Waals surface area contributed by atoms with Gasteiger partial charge in [-0.1, -0.05) is 40.2 Å². The van der Waals surface area contributed by atoms with Crippen LogP contribution in [0.25, 0.3) is 0 Å². The van der Waals surface area contributed by atoms with Crippen LogP contribution in [0.2, 0.25) is 0 Å². The molecular formula is C16H16BrNO. The van der Waals surface area contributed by atoms with Gasteiger partial charge in [0.1, 0.15) is 0 Å². The summed E-state index contributed by atoms with van der Waals surface area (Å²) in [7, 11) is 0. The van der Waals surface area contributed by atoms with Gasteiger partial charge in [0.05, 0.1) is 0 Å². The van der Waals surface area contributed by atoms with Crippen molar-refractivity contribution in [2.45, 2.75) is 19.2 Å². The van der Waals surface area contributed by atoms with Crippen LogP contribution in [-0.4, -0.2) is 5.91 Å². The van der Waals surface area contributed by atoms with Gasteiger partial charge < -0.3 is 5.32 Å². The molecule has 2 aromatic carbocycles. The van der Waals surface area contributed by atoms with E-state index in [4.69, 9.17) is 0 Å². The molecule has 1 N–H and O–H groups in total. The third-order valence-corrected chi connectivity index (χ3v) is 3.63. The van der Waals surface area contributed by atoms with Gasteiger partial charge in [-0.05, 0) is 48.7 Å². The zero-order chi connectivity index (χ0) is 13.8. The average molecular weight is 318 g/mol. The summed E-state index contributed by atoms with van der Waals surface area (Å²) in [4.78, 5) is 12.2. The van der Waals surface area contributed by atoms with Crippen molar-refractivity contribution in [2.75, 3.05) is 5.32 Å². The number of aryl methyl sites for hydroxylation is 2. The lowest BCUT2D eigenvalue weighted by Gasteiger charge is -2.10. The number of carbonyl (C=O) groups excluding carboxylic acids is 1. The summed E-state index contributed by atoms with van der Waals surface area (Å²) in [5.74, 6) is -0.0727. The molecule has 2 aromatic rings. The summed E-state index contributed by atoms with van der Waals surface area (Å²) >= 11 is 3.40. The van der Waals surface area contributed by atoms with Crippen LogP contribution in [0.1, 0.15) is 27.0 Å². The maximum absolute atomic E-state index is 12.2. The van der Waals surface area contributed by atoms with E-state index in [9.17, 15) is 4.79 Å². The number of halogens is 1. The zero-order valence-electron chi connectivity index (χ0n) is 11.0. The van der Waals surface area contributed by atoms with Crippen LogP contribution in [0.4, 0.5) is 5.69 Å². The summed E-state index contributed by atoms with van der Waals surface area (Å²) < 4.78 is 0. The van der Waals surface area contributed by atoms with Crippen molar-refractivity contribution >= 4 is 27.5 Å². The van der Waals surface area contributed by atoms with Crippen molar-refractivity contribution in [3.63, 3.8) is 0 Å². The topological polar surface area (TPSA) is 29.1 Å². The average Bonchev–Trinajstić information content (AvgIpc) is 2.43. The van der Waals surface area contributed by atoms with Gasteiger partial charge in [-0.25, -0.2) is 0 Å². The van der Waals surface area contributed by atoms with Crippen molar-refractivity contribution in [3.05, 3.63) is 64.7 Å². The third-order valence-electron chi connectivity index (χ3n) is 2.98. The van der Waals surface area contributed by atoms with Gasteiger partial charge in [0.25, 0.3) is 5.91 Å². The fourth-order valence-corrected chi connectivity index (χ4v) is 2.21. The highest BCUT2D eigenvalue weighted by Gasteiger charge is 2.08. The van der Waals surface area contributed by atoms with E-state index in [0.29, 0.717) is 5.56 Å². The SMILES string of the molecule is Cc1ccc(C)c(NC(=O)c2cccc(CBr)c2)c1. The van der Waals surface area contributed by atoms with E-state index in [-0.39, 0.29) is 5.91 Å². The fourth-order valence-electron chi connectivity index (χ4n) is 1.86. The Bertz CT molecular complexity index is 607. The second-order valence-corrected chi connectivity index (χ2v) is 5.17. The molecule has 0 aliphatic heterocycles. The maximum atomic E-state index is 12.2. The molecule has 0 unspecified atom stereocenters.